The van der Waals surface area contributed by atoms with Crippen molar-refractivity contribution in [3.63, 3.8) is 0 Å². The average Bonchev–Trinajstić information content (AvgIpc) is 2.26. The third-order valence-corrected chi connectivity index (χ3v) is 2.37. The number of nitrogens with zero attached hydrogens (tertiary/aromatic N) is 2. The number of anilines is 1. The predicted octanol–water partition coefficient (Wildman–Crippen LogP) is 2.22. The van der Waals surface area contributed by atoms with E-state index in [-0.39, 0.29) is 5.84 Å². The van der Waals surface area contributed by atoms with Crippen molar-refractivity contribution < 1.29 is 0 Å². The number of nitrogens with one attached hydrogen (secondary N) is 2. The van der Waals surface area contributed by atoms with Gasteiger partial charge in [0.05, 0.1) is 5.82 Å². The van der Waals surface area contributed by atoms with Crippen LogP contribution in [0.3, 0.4) is 0 Å². The van der Waals surface area contributed by atoms with Crippen molar-refractivity contribution in [3.8, 4) is 0 Å². The maximum Gasteiger partial charge on any atom is 0.173 e. The van der Waals surface area contributed by atoms with E-state index in [0.29, 0.717) is 11.4 Å². The summed E-state index contributed by atoms with van der Waals surface area (Å²) in [6.07, 6.45) is 0. The van der Waals surface area contributed by atoms with Crippen LogP contribution in [0.15, 0.2) is 35.7 Å². The molecular weight excluding hydrogens is 202 g/mol. The Morgan fingerprint density at radius 1 is 1.50 bits per heavy atom. The number of hydrogen-bond donors (Lipinski definition) is 3. The largest absolute Gasteiger partial charge is 0.386 e. The third-order valence-electron chi connectivity index (χ3n) is 2.37. The van der Waals surface area contributed by atoms with Gasteiger partial charge in [-0.25, -0.2) is 5.53 Å². The fourth-order valence-corrected chi connectivity index (χ4v) is 1.40. The van der Waals surface area contributed by atoms with Gasteiger partial charge in [-0.3, -0.25) is 5.41 Å². The molecule has 1 rings (SSSR count). The Morgan fingerprint density at radius 2 is 2.12 bits per heavy atom. The van der Waals surface area contributed by atoms with Crippen LogP contribution in [0.5, 0.6) is 0 Å². The summed E-state index contributed by atoms with van der Waals surface area (Å²) in [4.78, 5) is 1.76. The summed E-state index contributed by atoms with van der Waals surface area (Å²) in [6, 6.07) is 5.37. The zero-order valence-electron chi connectivity index (χ0n) is 9.41. The highest BCUT2D eigenvalue weighted by atomic mass is 15.2. The summed E-state index contributed by atoms with van der Waals surface area (Å²) in [5.74, 6) is 0.403. The Labute approximate surface area is 94.6 Å². The van der Waals surface area contributed by atoms with Gasteiger partial charge in [-0.1, -0.05) is 6.58 Å². The van der Waals surface area contributed by atoms with Gasteiger partial charge < -0.3 is 10.6 Å². The van der Waals surface area contributed by atoms with Gasteiger partial charge in [0.1, 0.15) is 0 Å². The number of rotatable bonds is 3. The second kappa shape index (κ2) is 4.57. The van der Waals surface area contributed by atoms with E-state index >= 15 is 0 Å². The van der Waals surface area contributed by atoms with Crippen molar-refractivity contribution in [1.29, 1.82) is 10.9 Å². The standard InChI is InChI=1S/C11H15N5/c1-7-6-9(11(13)15-14)4-5-10(7)16(3)8(2)12/h4-6,13-14H,2,12H2,1,3H3. The van der Waals surface area contributed by atoms with Gasteiger partial charge in [-0.05, 0) is 30.7 Å². The molecule has 0 amide bonds. The molecule has 0 heterocycles. The minimum absolute atomic E-state index is 0.0520. The van der Waals surface area contributed by atoms with E-state index in [1.54, 1.807) is 17.0 Å². The predicted molar refractivity (Wildman–Crippen MR) is 64.9 cm³/mol. The molecule has 5 nitrogen and oxygen atoms in total. The first-order chi connectivity index (χ1) is 7.47. The minimum atomic E-state index is -0.0520. The van der Waals surface area contributed by atoms with Crippen molar-refractivity contribution in [3.05, 3.63) is 41.7 Å². The van der Waals surface area contributed by atoms with E-state index in [0.717, 1.165) is 11.3 Å². The second-order valence-corrected chi connectivity index (χ2v) is 3.51. The van der Waals surface area contributed by atoms with E-state index in [1.807, 2.05) is 20.0 Å². The fraction of sp³-hybridized carbons (Fsp3) is 0.182. The highest BCUT2D eigenvalue weighted by Gasteiger charge is 2.08. The van der Waals surface area contributed by atoms with Crippen molar-refractivity contribution in [2.24, 2.45) is 10.8 Å². The first-order valence-electron chi connectivity index (χ1n) is 4.72. The maximum absolute atomic E-state index is 7.43. The number of nitrogens with two attached hydrogens (primary N) is 1. The Balaban J connectivity index is 3.14. The second-order valence-electron chi connectivity index (χ2n) is 3.51. The third kappa shape index (κ3) is 2.25. The SMILES string of the molecule is C=C(N)N(C)c1ccc(C(=N)N=N)cc1C. The summed E-state index contributed by atoms with van der Waals surface area (Å²) in [7, 11) is 1.82. The molecule has 1 aromatic carbocycles. The van der Waals surface area contributed by atoms with Gasteiger partial charge in [0.2, 0.25) is 0 Å². The van der Waals surface area contributed by atoms with E-state index in [2.05, 4.69) is 11.7 Å². The molecule has 0 atom stereocenters. The highest BCUT2D eigenvalue weighted by molar-refractivity contribution is 5.97. The highest BCUT2D eigenvalue weighted by Crippen LogP contribution is 2.21. The zero-order chi connectivity index (χ0) is 12.3. The lowest BCUT2D eigenvalue weighted by Gasteiger charge is -2.21. The lowest BCUT2D eigenvalue weighted by molar-refractivity contribution is 1.06. The molecule has 84 valence electrons. The van der Waals surface area contributed by atoms with Crippen molar-refractivity contribution >= 4 is 11.5 Å². The molecule has 0 aliphatic heterocycles. The molecule has 0 aliphatic carbocycles. The summed E-state index contributed by atoms with van der Waals surface area (Å²) >= 11 is 0. The molecule has 0 aromatic heterocycles. The smallest absolute Gasteiger partial charge is 0.173 e. The summed E-state index contributed by atoms with van der Waals surface area (Å²) < 4.78 is 0. The normalized spacial score (nSPS) is 9.62. The molecule has 0 radical (unpaired) electrons. The lowest BCUT2D eigenvalue weighted by atomic mass is 10.1. The number of benzene rings is 1. The Bertz CT molecular complexity index is 450. The van der Waals surface area contributed by atoms with Crippen LogP contribution in [0.2, 0.25) is 0 Å². The average molecular weight is 217 g/mol. The Kier molecular flexibility index (Phi) is 3.40. The molecule has 5 heteroatoms. The molecule has 0 bridgehead atoms. The summed E-state index contributed by atoms with van der Waals surface area (Å²) in [5, 5.41) is 10.5. The van der Waals surface area contributed by atoms with Crippen LogP contribution >= 0.6 is 0 Å². The maximum atomic E-state index is 7.43. The lowest BCUT2D eigenvalue weighted by Crippen LogP contribution is -2.22. The van der Waals surface area contributed by atoms with E-state index in [4.69, 9.17) is 16.7 Å². The van der Waals surface area contributed by atoms with Crippen LogP contribution in [0.4, 0.5) is 5.69 Å². The van der Waals surface area contributed by atoms with Crippen LogP contribution in [-0.2, 0) is 0 Å². The van der Waals surface area contributed by atoms with Crippen LogP contribution < -0.4 is 10.6 Å². The molecule has 1 aromatic rings. The van der Waals surface area contributed by atoms with Gasteiger partial charge >= 0.3 is 0 Å². The Morgan fingerprint density at radius 3 is 2.56 bits per heavy atom. The van der Waals surface area contributed by atoms with Gasteiger partial charge in [0.25, 0.3) is 0 Å². The van der Waals surface area contributed by atoms with Crippen LogP contribution in [0.1, 0.15) is 11.1 Å². The summed E-state index contributed by atoms with van der Waals surface area (Å²) in [6.45, 7) is 5.57. The van der Waals surface area contributed by atoms with Gasteiger partial charge in [0.15, 0.2) is 5.84 Å². The number of amidine groups is 1. The van der Waals surface area contributed by atoms with Gasteiger partial charge in [-0.2, -0.15) is 0 Å². The molecule has 0 saturated heterocycles. The van der Waals surface area contributed by atoms with Crippen molar-refractivity contribution in [2.75, 3.05) is 11.9 Å². The molecule has 16 heavy (non-hydrogen) atoms. The van der Waals surface area contributed by atoms with Crippen molar-refractivity contribution in [2.45, 2.75) is 6.92 Å². The molecular formula is C11H15N5. The monoisotopic (exact) mass is 217 g/mol. The van der Waals surface area contributed by atoms with E-state index in [9.17, 15) is 0 Å². The Hall–Kier alpha value is -2.17. The molecule has 0 aliphatic rings. The molecule has 0 unspecified atom stereocenters. The van der Waals surface area contributed by atoms with Gasteiger partial charge in [-0.15, -0.1) is 5.11 Å². The molecule has 0 fully saturated rings. The van der Waals surface area contributed by atoms with Crippen LogP contribution in [0, 0.1) is 17.9 Å². The van der Waals surface area contributed by atoms with Gasteiger partial charge in [0, 0.05) is 18.3 Å². The summed E-state index contributed by atoms with van der Waals surface area (Å²) in [5.41, 5.74) is 14.9. The first kappa shape index (κ1) is 11.9. The van der Waals surface area contributed by atoms with Crippen molar-refractivity contribution in [1.82, 2.24) is 0 Å². The minimum Gasteiger partial charge on any atom is -0.386 e. The quantitative estimate of drug-likeness (QED) is 0.411. The molecule has 0 spiro atoms. The van der Waals surface area contributed by atoms with Crippen LogP contribution in [-0.4, -0.2) is 12.9 Å². The van der Waals surface area contributed by atoms with E-state index in [1.165, 1.54) is 0 Å². The molecule has 4 N–H and O–H groups in total. The topological polar surface area (TPSA) is 89.3 Å². The van der Waals surface area contributed by atoms with E-state index < -0.39 is 0 Å². The fourth-order valence-electron chi connectivity index (χ4n) is 1.40. The first-order valence-corrected chi connectivity index (χ1v) is 4.72. The zero-order valence-corrected chi connectivity index (χ0v) is 9.41. The molecule has 0 saturated carbocycles. The number of hydrogen-bond acceptors (Lipinski definition) is 4. The number of aryl methyl sites for hydroxylation is 1. The van der Waals surface area contributed by atoms with Crippen LogP contribution in [0.25, 0.3) is 0 Å².